The summed E-state index contributed by atoms with van der Waals surface area (Å²) in [6, 6.07) is 4.10. The number of likely N-dealkylation sites (N-methyl/N-ethyl adjacent to an activating group) is 1. The van der Waals surface area contributed by atoms with E-state index in [1.807, 2.05) is 11.9 Å². The minimum Gasteiger partial charge on any atom is -0.318 e. The van der Waals surface area contributed by atoms with E-state index >= 15 is 0 Å². The zero-order valence-corrected chi connectivity index (χ0v) is 16.1. The molecule has 4 rings (SSSR count). The molecule has 3 heterocycles. The number of carbonyl (C=O) groups excluding carboxylic acids is 4. The van der Waals surface area contributed by atoms with E-state index in [2.05, 4.69) is 10.6 Å². The molecule has 2 N–H and O–H groups in total. The number of nitrogens with one attached hydrogen (secondary N) is 2. The molecule has 154 valence electrons. The lowest BCUT2D eigenvalue weighted by Crippen LogP contribution is -2.54. The Balaban J connectivity index is 1.54. The van der Waals surface area contributed by atoms with Crippen LogP contribution in [0.1, 0.15) is 45.5 Å². The summed E-state index contributed by atoms with van der Waals surface area (Å²) < 4.78 is 13.9. The summed E-state index contributed by atoms with van der Waals surface area (Å²) in [5, 5.41) is 5.26. The Kier molecular flexibility index (Phi) is 5.18. The summed E-state index contributed by atoms with van der Waals surface area (Å²) in [5.74, 6) is -2.09. The number of benzene rings is 1. The van der Waals surface area contributed by atoms with Gasteiger partial charge in [0.05, 0.1) is 11.1 Å². The lowest BCUT2D eigenvalue weighted by molar-refractivity contribution is -0.136. The minimum absolute atomic E-state index is 0.0700. The molecule has 0 bridgehead atoms. The van der Waals surface area contributed by atoms with Gasteiger partial charge in [0, 0.05) is 32.1 Å². The van der Waals surface area contributed by atoms with Gasteiger partial charge in [0.15, 0.2) is 0 Å². The Morgan fingerprint density at radius 2 is 1.93 bits per heavy atom. The van der Waals surface area contributed by atoms with Crippen molar-refractivity contribution in [3.8, 4) is 0 Å². The molecule has 1 unspecified atom stereocenters. The van der Waals surface area contributed by atoms with Gasteiger partial charge < -0.3 is 5.32 Å². The smallest absolute Gasteiger partial charge is 0.262 e. The molecule has 0 aromatic heterocycles. The Morgan fingerprint density at radius 3 is 2.66 bits per heavy atom. The first-order valence-electron chi connectivity index (χ1n) is 9.76. The van der Waals surface area contributed by atoms with Crippen molar-refractivity contribution >= 4 is 23.6 Å². The van der Waals surface area contributed by atoms with Gasteiger partial charge in [-0.15, -0.1) is 0 Å². The molecule has 3 aliphatic heterocycles. The van der Waals surface area contributed by atoms with Crippen molar-refractivity contribution in [2.24, 2.45) is 0 Å². The molecule has 1 aromatic carbocycles. The number of likely N-dealkylation sites (tertiary alicyclic amines) is 1. The normalized spacial score (nSPS) is 27.5. The molecule has 1 aromatic rings. The van der Waals surface area contributed by atoms with Crippen LogP contribution in [0.2, 0.25) is 0 Å². The van der Waals surface area contributed by atoms with E-state index in [1.165, 1.54) is 0 Å². The van der Waals surface area contributed by atoms with Gasteiger partial charge in [0.1, 0.15) is 12.2 Å². The van der Waals surface area contributed by atoms with E-state index < -0.39 is 35.8 Å². The second-order valence-electron chi connectivity index (χ2n) is 7.80. The van der Waals surface area contributed by atoms with Crippen LogP contribution in [0.25, 0.3) is 0 Å². The number of nitrogens with zero attached hydrogens (tertiary/aromatic N) is 2. The first-order valence-corrected chi connectivity index (χ1v) is 9.76. The van der Waals surface area contributed by atoms with Crippen molar-refractivity contribution in [1.29, 1.82) is 0 Å². The molecule has 4 amide bonds. The van der Waals surface area contributed by atoms with Crippen LogP contribution in [0, 0.1) is 0 Å². The summed E-state index contributed by atoms with van der Waals surface area (Å²) >= 11 is 0. The summed E-state index contributed by atoms with van der Waals surface area (Å²) in [4.78, 5) is 52.1. The van der Waals surface area contributed by atoms with Gasteiger partial charge in [0.25, 0.3) is 11.8 Å². The minimum atomic E-state index is -0.977. The number of fused-ring (bicyclic) bond motifs is 1. The standard InChI is InChI=1S/C20H23FN4O4/c1-22-8-13-7-12(21)10-24(13)9-11-2-3-14-15(6-11)20(29)25(19(14)28)16-4-5-17(26)23-18(16)27/h2-3,6,12-13,16,22H,4-5,7-10H2,1H3,(H,23,26,27)/t12-,13-,16?/m0/s1. The predicted octanol–water partition coefficient (Wildman–Crippen LogP) is 0.220. The van der Waals surface area contributed by atoms with Crippen molar-refractivity contribution in [2.75, 3.05) is 20.1 Å². The highest BCUT2D eigenvalue weighted by Gasteiger charge is 2.44. The van der Waals surface area contributed by atoms with Crippen LogP contribution in [0.5, 0.6) is 0 Å². The summed E-state index contributed by atoms with van der Waals surface area (Å²) in [6.45, 7) is 1.48. The predicted molar refractivity (Wildman–Crippen MR) is 101 cm³/mol. The van der Waals surface area contributed by atoms with Crippen molar-refractivity contribution in [1.82, 2.24) is 20.4 Å². The number of hydrogen-bond donors (Lipinski definition) is 2. The van der Waals surface area contributed by atoms with E-state index in [1.54, 1.807) is 18.2 Å². The van der Waals surface area contributed by atoms with Crippen LogP contribution in [0.4, 0.5) is 4.39 Å². The highest BCUT2D eigenvalue weighted by molar-refractivity contribution is 6.23. The van der Waals surface area contributed by atoms with Crippen LogP contribution in [-0.4, -0.2) is 71.8 Å². The maximum absolute atomic E-state index is 13.9. The Labute approximate surface area is 167 Å². The first kappa shape index (κ1) is 19.7. The fourth-order valence-electron chi connectivity index (χ4n) is 4.42. The zero-order valence-electron chi connectivity index (χ0n) is 16.1. The summed E-state index contributed by atoms with van der Waals surface area (Å²) in [6.07, 6.45) is -0.206. The second-order valence-corrected chi connectivity index (χ2v) is 7.80. The summed E-state index contributed by atoms with van der Waals surface area (Å²) in [7, 11) is 1.83. The van der Waals surface area contributed by atoms with Gasteiger partial charge in [0.2, 0.25) is 11.8 Å². The third-order valence-electron chi connectivity index (χ3n) is 5.81. The molecular weight excluding hydrogens is 379 g/mol. The van der Waals surface area contributed by atoms with Crippen molar-refractivity contribution in [3.63, 3.8) is 0 Å². The maximum Gasteiger partial charge on any atom is 0.262 e. The van der Waals surface area contributed by atoms with Gasteiger partial charge in [-0.05, 0) is 37.6 Å². The molecule has 2 fully saturated rings. The zero-order chi connectivity index (χ0) is 20.7. The molecule has 0 aliphatic carbocycles. The second kappa shape index (κ2) is 7.64. The van der Waals surface area contributed by atoms with Gasteiger partial charge >= 0.3 is 0 Å². The third-order valence-corrected chi connectivity index (χ3v) is 5.81. The van der Waals surface area contributed by atoms with Crippen molar-refractivity contribution < 1.29 is 23.6 Å². The highest BCUT2D eigenvalue weighted by Crippen LogP contribution is 2.29. The SMILES string of the molecule is CNC[C@@H]1C[C@H](F)CN1Cc1ccc2c(c1)C(=O)N(C1CCC(=O)NC1=O)C2=O. The average Bonchev–Trinajstić information content (AvgIpc) is 3.13. The van der Waals surface area contributed by atoms with Crippen LogP contribution in [0.15, 0.2) is 18.2 Å². The Hall–Kier alpha value is -2.65. The molecule has 0 radical (unpaired) electrons. The van der Waals surface area contributed by atoms with E-state index in [0.29, 0.717) is 26.1 Å². The van der Waals surface area contributed by atoms with Gasteiger partial charge in [-0.1, -0.05) is 6.07 Å². The van der Waals surface area contributed by atoms with Crippen LogP contribution in [-0.2, 0) is 16.1 Å². The molecular formula is C20H23FN4O4. The molecule has 0 saturated carbocycles. The first-order chi connectivity index (χ1) is 13.9. The fourth-order valence-corrected chi connectivity index (χ4v) is 4.42. The molecule has 2 saturated heterocycles. The lowest BCUT2D eigenvalue weighted by Gasteiger charge is -2.27. The fraction of sp³-hybridized carbons (Fsp3) is 0.500. The molecule has 0 spiro atoms. The molecule has 9 heteroatoms. The topological polar surface area (TPSA) is 98.8 Å². The number of carbonyl (C=O) groups is 4. The van der Waals surface area contributed by atoms with Crippen LogP contribution < -0.4 is 10.6 Å². The average molecular weight is 402 g/mol. The van der Waals surface area contributed by atoms with E-state index in [4.69, 9.17) is 0 Å². The number of rotatable bonds is 5. The van der Waals surface area contributed by atoms with Crippen molar-refractivity contribution in [2.45, 2.75) is 44.1 Å². The van der Waals surface area contributed by atoms with Gasteiger partial charge in [-0.3, -0.25) is 34.3 Å². The lowest BCUT2D eigenvalue weighted by atomic mass is 10.0. The van der Waals surface area contributed by atoms with E-state index in [-0.39, 0.29) is 30.0 Å². The van der Waals surface area contributed by atoms with Gasteiger partial charge in [-0.25, -0.2) is 4.39 Å². The largest absolute Gasteiger partial charge is 0.318 e. The number of alkyl halides is 1. The van der Waals surface area contributed by atoms with E-state index in [9.17, 15) is 23.6 Å². The number of amides is 4. The van der Waals surface area contributed by atoms with Crippen LogP contribution in [0.3, 0.4) is 0 Å². The number of imide groups is 2. The van der Waals surface area contributed by atoms with Crippen molar-refractivity contribution in [3.05, 3.63) is 34.9 Å². The Bertz CT molecular complexity index is 889. The van der Waals surface area contributed by atoms with Crippen LogP contribution >= 0.6 is 0 Å². The molecule has 3 aliphatic rings. The Morgan fingerprint density at radius 1 is 1.17 bits per heavy atom. The third kappa shape index (κ3) is 3.56. The summed E-state index contributed by atoms with van der Waals surface area (Å²) in [5.41, 5.74) is 1.31. The molecule has 8 nitrogen and oxygen atoms in total. The van der Waals surface area contributed by atoms with Gasteiger partial charge in [-0.2, -0.15) is 0 Å². The number of hydrogen-bond acceptors (Lipinski definition) is 6. The molecule has 3 atom stereocenters. The maximum atomic E-state index is 13.9. The highest BCUT2D eigenvalue weighted by atomic mass is 19.1. The quantitative estimate of drug-likeness (QED) is 0.684. The monoisotopic (exact) mass is 402 g/mol. The molecule has 29 heavy (non-hydrogen) atoms. The number of piperidine rings is 1. The van der Waals surface area contributed by atoms with E-state index in [0.717, 1.165) is 10.5 Å². The number of halogens is 1.